The molecule has 1 aromatic carbocycles. The van der Waals surface area contributed by atoms with Crippen LogP contribution < -0.4 is 5.32 Å². The summed E-state index contributed by atoms with van der Waals surface area (Å²) in [5, 5.41) is 7.24. The summed E-state index contributed by atoms with van der Waals surface area (Å²) in [7, 11) is 0. The molecule has 1 aromatic heterocycles. The van der Waals surface area contributed by atoms with E-state index in [1.54, 1.807) is 6.20 Å². The Hall–Kier alpha value is -2.34. The lowest BCUT2D eigenvalue weighted by Crippen LogP contribution is -2.50. The van der Waals surface area contributed by atoms with Gasteiger partial charge in [0.2, 0.25) is 0 Å². The lowest BCUT2D eigenvalue weighted by Gasteiger charge is -2.33. The molecule has 134 valence electrons. The maximum absolute atomic E-state index is 12.4. The maximum Gasteiger partial charge on any atom is 0.317 e. The summed E-state index contributed by atoms with van der Waals surface area (Å²) in [6.45, 7) is 5.42. The van der Waals surface area contributed by atoms with Crippen molar-refractivity contribution in [3.8, 4) is 0 Å². The van der Waals surface area contributed by atoms with E-state index in [-0.39, 0.29) is 12.1 Å². The monoisotopic (exact) mass is 342 g/mol. The molecule has 2 unspecified atom stereocenters. The molecule has 0 aliphatic carbocycles. The summed E-state index contributed by atoms with van der Waals surface area (Å²) in [5.74, 6) is 0.324. The van der Waals surface area contributed by atoms with E-state index in [1.807, 2.05) is 40.0 Å². The fraction of sp³-hybridized carbons (Fsp3) is 0.474. The molecule has 1 aliphatic rings. The van der Waals surface area contributed by atoms with Crippen LogP contribution in [-0.2, 0) is 17.7 Å². The van der Waals surface area contributed by atoms with Crippen LogP contribution in [0.1, 0.15) is 12.5 Å². The Bertz CT molecular complexity index is 645. The van der Waals surface area contributed by atoms with E-state index >= 15 is 0 Å². The maximum atomic E-state index is 12.4. The number of aromatic nitrogens is 2. The Morgan fingerprint density at radius 2 is 2.20 bits per heavy atom. The first-order valence-corrected chi connectivity index (χ1v) is 8.86. The second-order valence-corrected chi connectivity index (χ2v) is 6.65. The highest BCUT2D eigenvalue weighted by Crippen LogP contribution is 2.12. The number of hydrogen-bond donors (Lipinski definition) is 1. The van der Waals surface area contributed by atoms with Gasteiger partial charge in [0.15, 0.2) is 0 Å². The molecule has 1 saturated heterocycles. The van der Waals surface area contributed by atoms with Crippen LogP contribution in [0.15, 0.2) is 48.8 Å². The van der Waals surface area contributed by atoms with E-state index in [2.05, 4.69) is 29.5 Å². The van der Waals surface area contributed by atoms with E-state index in [4.69, 9.17) is 4.74 Å². The van der Waals surface area contributed by atoms with Crippen LogP contribution in [0.25, 0.3) is 0 Å². The highest BCUT2D eigenvalue weighted by atomic mass is 16.5. The molecular weight excluding hydrogens is 316 g/mol. The predicted octanol–water partition coefficient (Wildman–Crippen LogP) is 2.17. The summed E-state index contributed by atoms with van der Waals surface area (Å²) in [6.07, 6.45) is 4.60. The van der Waals surface area contributed by atoms with Gasteiger partial charge in [0.1, 0.15) is 0 Å². The molecule has 2 amide bonds. The first kappa shape index (κ1) is 17.5. The number of ether oxygens (including phenoxy) is 1. The van der Waals surface area contributed by atoms with Crippen molar-refractivity contribution >= 4 is 6.03 Å². The number of carbonyl (C=O) groups is 1. The van der Waals surface area contributed by atoms with Gasteiger partial charge in [0.25, 0.3) is 0 Å². The minimum Gasteiger partial charge on any atom is -0.374 e. The molecule has 1 N–H and O–H groups in total. The quantitative estimate of drug-likeness (QED) is 0.875. The van der Waals surface area contributed by atoms with Gasteiger partial charge in [0, 0.05) is 45.0 Å². The third-order valence-corrected chi connectivity index (χ3v) is 4.39. The molecular formula is C19H26N4O2. The number of nitrogens with zero attached hydrogens (tertiary/aromatic N) is 3. The summed E-state index contributed by atoms with van der Waals surface area (Å²) in [4.78, 5) is 14.3. The van der Waals surface area contributed by atoms with E-state index in [0.29, 0.717) is 32.2 Å². The fourth-order valence-corrected chi connectivity index (χ4v) is 3.07. The van der Waals surface area contributed by atoms with Crippen LogP contribution in [0.2, 0.25) is 0 Å². The molecule has 1 aliphatic heterocycles. The standard InChI is InChI=1S/C19H26N4O2/c1-16(14-23-9-5-8-21-23)13-20-19(24)22-10-11-25-18(15-22)12-17-6-3-2-4-7-17/h2-9,16,18H,10-15H2,1H3,(H,20,24). The summed E-state index contributed by atoms with van der Waals surface area (Å²) in [6, 6.07) is 12.2. The predicted molar refractivity (Wildman–Crippen MR) is 96.2 cm³/mol. The summed E-state index contributed by atoms with van der Waals surface area (Å²) < 4.78 is 7.72. The normalized spacial score (nSPS) is 18.8. The molecule has 2 aromatic rings. The highest BCUT2D eigenvalue weighted by molar-refractivity contribution is 5.74. The van der Waals surface area contributed by atoms with Crippen LogP contribution in [0, 0.1) is 5.92 Å². The number of hydrogen-bond acceptors (Lipinski definition) is 3. The van der Waals surface area contributed by atoms with E-state index in [0.717, 1.165) is 13.0 Å². The van der Waals surface area contributed by atoms with Crippen molar-refractivity contribution in [2.75, 3.05) is 26.2 Å². The van der Waals surface area contributed by atoms with E-state index < -0.39 is 0 Å². The van der Waals surface area contributed by atoms with E-state index in [9.17, 15) is 4.79 Å². The fourth-order valence-electron chi connectivity index (χ4n) is 3.07. The Kier molecular flexibility index (Phi) is 6.06. The number of benzene rings is 1. The topological polar surface area (TPSA) is 59.4 Å². The zero-order valence-electron chi connectivity index (χ0n) is 14.7. The number of rotatable bonds is 6. The first-order valence-electron chi connectivity index (χ1n) is 8.86. The minimum absolute atomic E-state index is 0.00585. The van der Waals surface area contributed by atoms with Gasteiger partial charge in [-0.15, -0.1) is 0 Å². The third kappa shape index (κ3) is 5.32. The average Bonchev–Trinajstić information content (AvgIpc) is 3.14. The van der Waals surface area contributed by atoms with Crippen LogP contribution >= 0.6 is 0 Å². The number of urea groups is 1. The molecule has 0 bridgehead atoms. The van der Waals surface area contributed by atoms with Gasteiger partial charge in [-0.05, 0) is 17.5 Å². The van der Waals surface area contributed by atoms with Gasteiger partial charge < -0.3 is 15.0 Å². The smallest absolute Gasteiger partial charge is 0.317 e. The Labute approximate surface area is 148 Å². The first-order chi connectivity index (χ1) is 12.2. The van der Waals surface area contributed by atoms with Gasteiger partial charge >= 0.3 is 6.03 Å². The van der Waals surface area contributed by atoms with Gasteiger partial charge in [-0.25, -0.2) is 4.79 Å². The summed E-state index contributed by atoms with van der Waals surface area (Å²) >= 11 is 0. The summed E-state index contributed by atoms with van der Waals surface area (Å²) in [5.41, 5.74) is 1.24. The lowest BCUT2D eigenvalue weighted by molar-refractivity contribution is -0.0133. The van der Waals surface area contributed by atoms with Gasteiger partial charge in [-0.1, -0.05) is 37.3 Å². The Balaban J connectivity index is 1.43. The van der Waals surface area contributed by atoms with Gasteiger partial charge in [0.05, 0.1) is 12.7 Å². The highest BCUT2D eigenvalue weighted by Gasteiger charge is 2.24. The zero-order valence-corrected chi connectivity index (χ0v) is 14.7. The Morgan fingerprint density at radius 3 is 2.96 bits per heavy atom. The van der Waals surface area contributed by atoms with Crippen molar-refractivity contribution < 1.29 is 9.53 Å². The van der Waals surface area contributed by atoms with Crippen molar-refractivity contribution in [2.45, 2.75) is 26.0 Å². The van der Waals surface area contributed by atoms with Gasteiger partial charge in [-0.3, -0.25) is 4.68 Å². The molecule has 25 heavy (non-hydrogen) atoms. The molecule has 1 fully saturated rings. The zero-order chi connectivity index (χ0) is 17.5. The SMILES string of the molecule is CC(CNC(=O)N1CCOC(Cc2ccccc2)C1)Cn1cccn1. The lowest BCUT2D eigenvalue weighted by atomic mass is 10.1. The molecule has 2 atom stereocenters. The van der Waals surface area contributed by atoms with E-state index in [1.165, 1.54) is 5.56 Å². The second kappa shape index (κ2) is 8.67. The molecule has 3 rings (SSSR count). The van der Waals surface area contributed by atoms with Crippen LogP contribution in [0.4, 0.5) is 4.79 Å². The second-order valence-electron chi connectivity index (χ2n) is 6.65. The average molecular weight is 342 g/mol. The van der Waals surface area contributed by atoms with Crippen LogP contribution in [0.5, 0.6) is 0 Å². The van der Waals surface area contributed by atoms with Crippen molar-refractivity contribution in [1.29, 1.82) is 0 Å². The number of carbonyl (C=O) groups excluding carboxylic acids is 1. The minimum atomic E-state index is -0.00585. The van der Waals surface area contributed by atoms with Crippen molar-refractivity contribution in [3.63, 3.8) is 0 Å². The third-order valence-electron chi connectivity index (χ3n) is 4.39. The molecule has 2 heterocycles. The molecule has 0 radical (unpaired) electrons. The molecule has 6 heteroatoms. The number of morpholine rings is 1. The van der Waals surface area contributed by atoms with Crippen molar-refractivity contribution in [1.82, 2.24) is 20.0 Å². The van der Waals surface area contributed by atoms with Crippen LogP contribution in [0.3, 0.4) is 0 Å². The van der Waals surface area contributed by atoms with Crippen molar-refractivity contribution in [2.24, 2.45) is 5.92 Å². The number of amides is 2. The van der Waals surface area contributed by atoms with Gasteiger partial charge in [-0.2, -0.15) is 5.10 Å². The van der Waals surface area contributed by atoms with Crippen LogP contribution in [-0.4, -0.2) is 53.1 Å². The molecule has 0 saturated carbocycles. The molecule has 6 nitrogen and oxygen atoms in total. The number of nitrogens with one attached hydrogen (secondary N) is 1. The molecule has 0 spiro atoms. The largest absolute Gasteiger partial charge is 0.374 e. The van der Waals surface area contributed by atoms with Crippen molar-refractivity contribution in [3.05, 3.63) is 54.4 Å². The Morgan fingerprint density at radius 1 is 1.36 bits per heavy atom.